The molecule has 1 aromatic carbocycles. The van der Waals surface area contributed by atoms with E-state index in [0.717, 1.165) is 11.3 Å². The molecule has 0 heterocycles. The van der Waals surface area contributed by atoms with E-state index >= 15 is 0 Å². The van der Waals surface area contributed by atoms with E-state index in [0.29, 0.717) is 11.6 Å². The lowest BCUT2D eigenvalue weighted by molar-refractivity contribution is -0.120. The number of methoxy groups -OCH3 is 1. The molecule has 18 heavy (non-hydrogen) atoms. The van der Waals surface area contributed by atoms with Crippen LogP contribution >= 0.6 is 11.6 Å². The molecule has 1 amide bonds. The zero-order chi connectivity index (χ0) is 13.5. The number of halogens is 1. The number of hydrogen-bond acceptors (Lipinski definition) is 3. The van der Waals surface area contributed by atoms with Crippen LogP contribution in [0.2, 0.25) is 5.02 Å². The lowest BCUT2D eigenvalue weighted by Crippen LogP contribution is -2.39. The monoisotopic (exact) mass is 270 g/mol. The molecule has 5 heteroatoms. The molecule has 0 aromatic heterocycles. The van der Waals surface area contributed by atoms with Crippen molar-refractivity contribution in [1.82, 2.24) is 5.32 Å². The molecule has 4 nitrogen and oxygen atoms in total. The molecule has 0 aliphatic carbocycles. The average molecular weight is 271 g/mol. The van der Waals surface area contributed by atoms with Crippen LogP contribution in [0.25, 0.3) is 0 Å². The summed E-state index contributed by atoms with van der Waals surface area (Å²) in [4.78, 5) is 11.6. The van der Waals surface area contributed by atoms with Crippen molar-refractivity contribution in [2.24, 2.45) is 0 Å². The van der Waals surface area contributed by atoms with E-state index in [1.165, 1.54) is 0 Å². The van der Waals surface area contributed by atoms with E-state index in [9.17, 15) is 4.79 Å². The Morgan fingerprint density at radius 2 is 2.22 bits per heavy atom. The fourth-order valence-electron chi connectivity index (χ4n) is 1.58. The second-order valence-electron chi connectivity index (χ2n) is 4.24. The van der Waals surface area contributed by atoms with Crippen LogP contribution < -0.4 is 10.6 Å². The second-order valence-corrected chi connectivity index (χ2v) is 4.67. The number of hydrogen-bond donors (Lipinski definition) is 2. The van der Waals surface area contributed by atoms with Gasteiger partial charge in [0.2, 0.25) is 5.91 Å². The summed E-state index contributed by atoms with van der Waals surface area (Å²) in [6.07, 6.45) is 0. The zero-order valence-electron chi connectivity index (χ0n) is 10.9. The van der Waals surface area contributed by atoms with Crippen LogP contribution in [0.5, 0.6) is 0 Å². The van der Waals surface area contributed by atoms with Crippen molar-refractivity contribution in [1.29, 1.82) is 0 Å². The number of carbonyl (C=O) groups excluding carboxylic acids is 1. The van der Waals surface area contributed by atoms with E-state index in [4.69, 9.17) is 16.3 Å². The first-order chi connectivity index (χ1) is 8.52. The SMILES string of the molecule is COC[C@H](C)NC(=O)CNc1cc(Cl)ccc1C. The van der Waals surface area contributed by atoms with Gasteiger partial charge in [-0.05, 0) is 31.5 Å². The molecular weight excluding hydrogens is 252 g/mol. The van der Waals surface area contributed by atoms with Crippen molar-refractivity contribution in [2.75, 3.05) is 25.6 Å². The molecule has 1 atom stereocenters. The molecule has 0 saturated carbocycles. The van der Waals surface area contributed by atoms with Crippen LogP contribution in [0, 0.1) is 6.92 Å². The zero-order valence-corrected chi connectivity index (χ0v) is 11.7. The highest BCUT2D eigenvalue weighted by atomic mass is 35.5. The Morgan fingerprint density at radius 3 is 2.89 bits per heavy atom. The molecule has 0 unspecified atom stereocenters. The highest BCUT2D eigenvalue weighted by Crippen LogP contribution is 2.19. The maximum absolute atomic E-state index is 11.6. The quantitative estimate of drug-likeness (QED) is 0.833. The van der Waals surface area contributed by atoms with Crippen LogP contribution in [0.15, 0.2) is 18.2 Å². The Morgan fingerprint density at radius 1 is 1.50 bits per heavy atom. The van der Waals surface area contributed by atoms with Gasteiger partial charge in [0.05, 0.1) is 13.2 Å². The summed E-state index contributed by atoms with van der Waals surface area (Å²) < 4.78 is 4.95. The minimum Gasteiger partial charge on any atom is -0.383 e. The third kappa shape index (κ3) is 4.94. The maximum atomic E-state index is 11.6. The van der Waals surface area contributed by atoms with E-state index < -0.39 is 0 Å². The van der Waals surface area contributed by atoms with Gasteiger partial charge in [-0.2, -0.15) is 0 Å². The third-order valence-electron chi connectivity index (χ3n) is 2.46. The Balaban J connectivity index is 2.45. The summed E-state index contributed by atoms with van der Waals surface area (Å²) in [5, 5.41) is 6.54. The molecule has 0 spiro atoms. The summed E-state index contributed by atoms with van der Waals surface area (Å²) in [7, 11) is 1.61. The minimum atomic E-state index is -0.0704. The maximum Gasteiger partial charge on any atom is 0.239 e. The summed E-state index contributed by atoms with van der Waals surface area (Å²) in [5.74, 6) is -0.0704. The van der Waals surface area contributed by atoms with Gasteiger partial charge < -0.3 is 15.4 Å². The number of anilines is 1. The molecule has 1 rings (SSSR count). The number of ether oxygens (including phenoxy) is 1. The molecule has 0 bridgehead atoms. The summed E-state index contributed by atoms with van der Waals surface area (Å²) in [6.45, 7) is 4.58. The predicted octanol–water partition coefficient (Wildman–Crippen LogP) is 2.21. The first-order valence-electron chi connectivity index (χ1n) is 5.81. The fraction of sp³-hybridized carbons (Fsp3) is 0.462. The van der Waals surface area contributed by atoms with Crippen molar-refractivity contribution in [3.63, 3.8) is 0 Å². The van der Waals surface area contributed by atoms with Crippen molar-refractivity contribution >= 4 is 23.2 Å². The van der Waals surface area contributed by atoms with Crippen molar-refractivity contribution < 1.29 is 9.53 Å². The Kier molecular flexibility index (Phi) is 5.95. The van der Waals surface area contributed by atoms with Crippen LogP contribution in [0.1, 0.15) is 12.5 Å². The normalized spacial score (nSPS) is 12.0. The highest BCUT2D eigenvalue weighted by Gasteiger charge is 2.07. The van der Waals surface area contributed by atoms with E-state index in [1.54, 1.807) is 7.11 Å². The van der Waals surface area contributed by atoms with Gasteiger partial charge >= 0.3 is 0 Å². The van der Waals surface area contributed by atoms with E-state index in [-0.39, 0.29) is 18.5 Å². The largest absolute Gasteiger partial charge is 0.383 e. The first kappa shape index (κ1) is 14.8. The Hall–Kier alpha value is -1.26. The number of benzene rings is 1. The molecular formula is C13H19ClN2O2. The predicted molar refractivity (Wildman–Crippen MR) is 74.2 cm³/mol. The van der Waals surface area contributed by atoms with Gasteiger partial charge in [0.1, 0.15) is 0 Å². The number of rotatable bonds is 6. The van der Waals surface area contributed by atoms with Gasteiger partial charge in [0, 0.05) is 23.9 Å². The van der Waals surface area contributed by atoms with Crippen LogP contribution in [0.3, 0.4) is 0 Å². The van der Waals surface area contributed by atoms with Crippen molar-refractivity contribution in [3.05, 3.63) is 28.8 Å². The summed E-state index contributed by atoms with van der Waals surface area (Å²) >= 11 is 5.90. The van der Waals surface area contributed by atoms with E-state index in [1.807, 2.05) is 32.0 Å². The Bertz CT molecular complexity index is 410. The fourth-order valence-corrected chi connectivity index (χ4v) is 1.75. The van der Waals surface area contributed by atoms with Gasteiger partial charge in [0.15, 0.2) is 0 Å². The Labute approximate surface area is 113 Å². The molecule has 0 fully saturated rings. The molecule has 0 aliphatic heterocycles. The lowest BCUT2D eigenvalue weighted by Gasteiger charge is -2.14. The molecule has 0 aliphatic rings. The summed E-state index contributed by atoms with van der Waals surface area (Å²) in [6, 6.07) is 5.55. The smallest absolute Gasteiger partial charge is 0.239 e. The van der Waals surface area contributed by atoms with Crippen LogP contribution in [-0.2, 0) is 9.53 Å². The van der Waals surface area contributed by atoms with Crippen molar-refractivity contribution in [2.45, 2.75) is 19.9 Å². The molecule has 2 N–H and O–H groups in total. The number of carbonyl (C=O) groups is 1. The van der Waals surface area contributed by atoms with Gasteiger partial charge in [-0.15, -0.1) is 0 Å². The number of nitrogens with one attached hydrogen (secondary N) is 2. The van der Waals surface area contributed by atoms with Crippen LogP contribution in [-0.4, -0.2) is 32.2 Å². The minimum absolute atomic E-state index is 0.00441. The molecule has 100 valence electrons. The average Bonchev–Trinajstić information content (AvgIpc) is 2.30. The number of aryl methyl sites for hydroxylation is 1. The topological polar surface area (TPSA) is 50.4 Å². The van der Waals surface area contributed by atoms with E-state index in [2.05, 4.69) is 10.6 Å². The van der Waals surface area contributed by atoms with Gasteiger partial charge in [-0.1, -0.05) is 17.7 Å². The van der Waals surface area contributed by atoms with Gasteiger partial charge in [0.25, 0.3) is 0 Å². The standard InChI is InChI=1S/C13H19ClN2O2/c1-9-4-5-11(14)6-12(9)15-7-13(17)16-10(2)8-18-3/h4-6,10,15H,7-8H2,1-3H3,(H,16,17)/t10-/m0/s1. The molecule has 0 saturated heterocycles. The second kappa shape index (κ2) is 7.24. The van der Waals surface area contributed by atoms with Crippen molar-refractivity contribution in [3.8, 4) is 0 Å². The number of amides is 1. The van der Waals surface area contributed by atoms with Gasteiger partial charge in [-0.25, -0.2) is 0 Å². The third-order valence-corrected chi connectivity index (χ3v) is 2.70. The molecule has 0 radical (unpaired) electrons. The summed E-state index contributed by atoms with van der Waals surface area (Å²) in [5.41, 5.74) is 1.93. The lowest BCUT2D eigenvalue weighted by atomic mass is 10.2. The first-order valence-corrected chi connectivity index (χ1v) is 6.19. The van der Waals surface area contributed by atoms with Gasteiger partial charge in [-0.3, -0.25) is 4.79 Å². The van der Waals surface area contributed by atoms with Crippen LogP contribution in [0.4, 0.5) is 5.69 Å². The molecule has 1 aromatic rings. The highest BCUT2D eigenvalue weighted by molar-refractivity contribution is 6.30.